The zero-order chi connectivity index (χ0) is 29.2. The quantitative estimate of drug-likeness (QED) is 0.442. The van der Waals surface area contributed by atoms with Crippen molar-refractivity contribution < 1.29 is 18.7 Å². The van der Waals surface area contributed by atoms with Crippen LogP contribution in [-0.2, 0) is 4.79 Å². The summed E-state index contributed by atoms with van der Waals surface area (Å²) in [4.78, 5) is 40.6. The van der Waals surface area contributed by atoms with Gasteiger partial charge in [0, 0.05) is 11.6 Å². The van der Waals surface area contributed by atoms with E-state index in [2.05, 4.69) is 21.6 Å². The number of nitrogens with one attached hydrogen (secondary N) is 2. The van der Waals surface area contributed by atoms with E-state index < -0.39 is 40.8 Å². The molecule has 208 valence electrons. The number of hydrogen-bond acceptors (Lipinski definition) is 6. The third-order valence-corrected chi connectivity index (χ3v) is 7.27. The van der Waals surface area contributed by atoms with Gasteiger partial charge in [-0.1, -0.05) is 12.1 Å². The van der Waals surface area contributed by atoms with Crippen LogP contribution in [0.5, 0.6) is 11.5 Å². The normalized spacial score (nSPS) is 17.7. The molecule has 0 aliphatic carbocycles. The van der Waals surface area contributed by atoms with E-state index in [9.17, 15) is 24.0 Å². The molecule has 9 nitrogen and oxygen atoms in total. The lowest BCUT2D eigenvalue weighted by molar-refractivity contribution is -0.137. The van der Waals surface area contributed by atoms with Gasteiger partial charge in [-0.05, 0) is 88.9 Å². The molecule has 40 heavy (non-hydrogen) atoms. The maximum Gasteiger partial charge on any atom is 0.307 e. The second-order valence-corrected chi connectivity index (χ2v) is 10.7. The Labute approximate surface area is 232 Å². The number of aryl methyl sites for hydroxylation is 2. The molecule has 0 spiro atoms. The summed E-state index contributed by atoms with van der Waals surface area (Å²) in [5.74, 6) is -0.738. The van der Waals surface area contributed by atoms with Gasteiger partial charge in [0.1, 0.15) is 17.6 Å². The number of rotatable bonds is 7. The van der Waals surface area contributed by atoms with Crippen molar-refractivity contribution >= 4 is 11.8 Å². The van der Waals surface area contributed by atoms with Crippen LogP contribution in [0.3, 0.4) is 0 Å². The van der Waals surface area contributed by atoms with E-state index in [1.54, 1.807) is 69.9 Å². The molecule has 0 saturated carbocycles. The van der Waals surface area contributed by atoms with Crippen LogP contribution in [0.4, 0.5) is 4.39 Å². The van der Waals surface area contributed by atoms with Gasteiger partial charge >= 0.3 is 5.56 Å². The summed E-state index contributed by atoms with van der Waals surface area (Å²) < 4.78 is 19.8. The summed E-state index contributed by atoms with van der Waals surface area (Å²) in [5.41, 5.74) is 0.833. The Hall–Kier alpha value is -4.52. The Balaban J connectivity index is 1.53. The van der Waals surface area contributed by atoms with Crippen molar-refractivity contribution in [2.45, 2.75) is 65.6 Å². The minimum absolute atomic E-state index is 0.0836. The molecule has 3 aromatic rings. The fourth-order valence-corrected chi connectivity index (χ4v) is 5.09. The topological polar surface area (TPSA) is 128 Å². The van der Waals surface area contributed by atoms with Gasteiger partial charge in [-0.2, -0.15) is 10.4 Å². The van der Waals surface area contributed by atoms with Gasteiger partial charge in [-0.25, -0.2) is 9.49 Å². The van der Waals surface area contributed by atoms with Crippen LogP contribution in [0, 0.1) is 36.4 Å². The predicted molar refractivity (Wildman–Crippen MR) is 146 cm³/mol. The smallest absolute Gasteiger partial charge is 0.307 e. The number of amides is 2. The number of carbonyl (C=O) groups excluding carboxylic acids is 2. The number of benzene rings is 2. The second kappa shape index (κ2) is 11.3. The largest absolute Gasteiger partial charge is 0.451 e. The molecule has 10 heteroatoms. The monoisotopic (exact) mass is 545 g/mol. The Morgan fingerprint density at radius 2 is 1.93 bits per heavy atom. The molecule has 4 rings (SSSR count). The van der Waals surface area contributed by atoms with Crippen LogP contribution < -0.4 is 15.6 Å². The molecule has 1 unspecified atom stereocenters. The molecule has 2 N–H and O–H groups in total. The van der Waals surface area contributed by atoms with E-state index in [1.165, 1.54) is 18.2 Å². The van der Waals surface area contributed by atoms with Crippen LogP contribution in [0.25, 0.3) is 0 Å². The third-order valence-electron chi connectivity index (χ3n) is 7.27. The first kappa shape index (κ1) is 28.5. The summed E-state index contributed by atoms with van der Waals surface area (Å²) in [6.07, 6.45) is 1.15. The average Bonchev–Trinajstić information content (AvgIpc) is 3.37. The Morgan fingerprint density at radius 3 is 2.60 bits per heavy atom. The van der Waals surface area contributed by atoms with Crippen molar-refractivity contribution in [3.8, 4) is 17.6 Å². The maximum atomic E-state index is 14.0. The first-order valence-electron chi connectivity index (χ1n) is 13.1. The van der Waals surface area contributed by atoms with E-state index >= 15 is 0 Å². The summed E-state index contributed by atoms with van der Waals surface area (Å²) in [6, 6.07) is 12.9. The highest BCUT2D eigenvalue weighted by molar-refractivity contribution is 5.98. The lowest BCUT2D eigenvalue weighted by atomic mass is 9.84. The van der Waals surface area contributed by atoms with Crippen LogP contribution >= 0.6 is 0 Å². The van der Waals surface area contributed by atoms with Crippen molar-refractivity contribution in [3.05, 3.63) is 87.1 Å². The fraction of sp³-hybridized carbons (Fsp3) is 0.367. The van der Waals surface area contributed by atoms with Crippen molar-refractivity contribution in [2.24, 2.45) is 5.41 Å². The SMILES string of the molecule is Cc1cc(Oc2ccc(C(=O)N[C@H](C)C(=O)N3C(C(C)(C)C#N)CC[C@H]3c3cccc(F)c3)cc2C)c(=O)[nH]n1. The number of hydrogen-bond donors (Lipinski definition) is 2. The van der Waals surface area contributed by atoms with E-state index in [0.29, 0.717) is 41.0 Å². The van der Waals surface area contributed by atoms with Crippen LogP contribution in [0.1, 0.15) is 66.8 Å². The highest BCUT2D eigenvalue weighted by Crippen LogP contribution is 2.43. The summed E-state index contributed by atoms with van der Waals surface area (Å²) in [5, 5.41) is 18.8. The Kier molecular flexibility index (Phi) is 8.05. The molecular weight excluding hydrogens is 513 g/mol. The van der Waals surface area contributed by atoms with Gasteiger partial charge in [-0.15, -0.1) is 0 Å². The summed E-state index contributed by atoms with van der Waals surface area (Å²) in [7, 11) is 0. The number of nitriles is 1. The van der Waals surface area contributed by atoms with E-state index in [0.717, 1.165) is 0 Å². The number of ether oxygens (including phenoxy) is 1. The fourth-order valence-electron chi connectivity index (χ4n) is 5.09. The lowest BCUT2D eigenvalue weighted by Crippen LogP contribution is -2.52. The molecule has 2 aromatic carbocycles. The Morgan fingerprint density at radius 1 is 1.18 bits per heavy atom. The lowest BCUT2D eigenvalue weighted by Gasteiger charge is -2.38. The average molecular weight is 546 g/mol. The zero-order valence-corrected chi connectivity index (χ0v) is 23.1. The Bertz CT molecular complexity index is 1540. The number of H-pyrrole nitrogens is 1. The van der Waals surface area contributed by atoms with Gasteiger partial charge in [0.15, 0.2) is 5.75 Å². The first-order chi connectivity index (χ1) is 18.9. The van der Waals surface area contributed by atoms with Gasteiger partial charge < -0.3 is 15.0 Å². The molecular formula is C30H32FN5O4. The van der Waals surface area contributed by atoms with Crippen LogP contribution in [-0.4, -0.2) is 39.0 Å². The van der Waals surface area contributed by atoms with Crippen molar-refractivity contribution in [2.75, 3.05) is 0 Å². The molecule has 0 bridgehead atoms. The van der Waals surface area contributed by atoms with E-state index in [4.69, 9.17) is 4.74 Å². The number of aromatic amines is 1. The number of likely N-dealkylation sites (tertiary alicyclic amines) is 1. The summed E-state index contributed by atoms with van der Waals surface area (Å²) >= 11 is 0. The third kappa shape index (κ3) is 5.88. The zero-order valence-electron chi connectivity index (χ0n) is 23.1. The molecule has 1 aliphatic heterocycles. The van der Waals surface area contributed by atoms with E-state index in [1.807, 2.05) is 0 Å². The first-order valence-corrected chi connectivity index (χ1v) is 13.1. The number of nitrogens with zero attached hydrogens (tertiary/aromatic N) is 3. The highest BCUT2D eigenvalue weighted by atomic mass is 19.1. The molecule has 1 aromatic heterocycles. The van der Waals surface area contributed by atoms with Crippen LogP contribution in [0.2, 0.25) is 0 Å². The van der Waals surface area contributed by atoms with Crippen molar-refractivity contribution in [1.29, 1.82) is 5.26 Å². The number of aromatic nitrogens is 2. The van der Waals surface area contributed by atoms with Gasteiger partial charge in [0.05, 0.1) is 29.3 Å². The van der Waals surface area contributed by atoms with Crippen LogP contribution in [0.15, 0.2) is 53.3 Å². The molecule has 2 heterocycles. The molecule has 1 fully saturated rings. The summed E-state index contributed by atoms with van der Waals surface area (Å²) in [6.45, 7) is 8.62. The standard InChI is InChI=1S/C30H32FN5O4/c1-17-13-21(9-11-24(17)40-25-14-18(2)34-35-28(25)38)27(37)33-19(3)29(39)36-23(20-7-6-8-22(31)15-20)10-12-26(36)30(4,5)16-32/h6-9,11,13-15,19,23,26H,10,12H2,1-5H3,(H,33,37)(H,35,38)/t19-,23+,26?/m1/s1. The minimum atomic E-state index is -0.909. The minimum Gasteiger partial charge on any atom is -0.451 e. The van der Waals surface area contributed by atoms with Gasteiger partial charge in [-0.3, -0.25) is 14.4 Å². The highest BCUT2D eigenvalue weighted by Gasteiger charge is 2.46. The molecule has 2 amide bonds. The molecule has 3 atom stereocenters. The molecule has 0 radical (unpaired) electrons. The predicted octanol–water partition coefficient (Wildman–Crippen LogP) is 4.72. The second-order valence-electron chi connectivity index (χ2n) is 10.7. The maximum absolute atomic E-state index is 14.0. The van der Waals surface area contributed by atoms with E-state index in [-0.39, 0.29) is 11.7 Å². The van der Waals surface area contributed by atoms with Crippen molar-refractivity contribution in [1.82, 2.24) is 20.4 Å². The molecule has 1 aliphatic rings. The number of halogens is 1. The molecule has 1 saturated heterocycles. The van der Waals surface area contributed by atoms with Gasteiger partial charge in [0.2, 0.25) is 5.91 Å². The van der Waals surface area contributed by atoms with Gasteiger partial charge in [0.25, 0.3) is 5.91 Å². The van der Waals surface area contributed by atoms with Crippen molar-refractivity contribution in [3.63, 3.8) is 0 Å². The number of carbonyl (C=O) groups is 2.